The first-order chi connectivity index (χ1) is 8.35. The monoisotopic (exact) mass is 246 g/mol. The largest absolute Gasteiger partial charge is 0.330 e. The predicted octanol–water partition coefficient (Wildman–Crippen LogP) is 1.06. The van der Waals surface area contributed by atoms with Gasteiger partial charge in [-0.3, -0.25) is 0 Å². The lowest BCUT2D eigenvalue weighted by atomic mass is 10.1. The van der Waals surface area contributed by atoms with Crippen molar-refractivity contribution in [2.75, 3.05) is 32.7 Å². The molecule has 0 saturated heterocycles. The fraction of sp³-hybridized carbons (Fsp3) is 1.00. The summed E-state index contributed by atoms with van der Waals surface area (Å²) in [6, 6.07) is 0.627. The third-order valence-electron chi connectivity index (χ3n) is 2.53. The fourth-order valence-corrected chi connectivity index (χ4v) is 1.49. The van der Waals surface area contributed by atoms with Gasteiger partial charge < -0.3 is 22.1 Å². The second-order valence-corrected chi connectivity index (χ2v) is 3.88. The molecule has 4 heteroatoms. The Kier molecular flexibility index (Phi) is 20.6. The highest BCUT2D eigenvalue weighted by atomic mass is 14.9. The highest BCUT2D eigenvalue weighted by Crippen LogP contribution is 1.96. The van der Waals surface area contributed by atoms with Crippen molar-refractivity contribution < 1.29 is 0 Å². The Morgan fingerprint density at radius 3 is 2.06 bits per heavy atom. The molecule has 0 aromatic heterocycles. The van der Waals surface area contributed by atoms with Crippen molar-refractivity contribution in [1.29, 1.82) is 0 Å². The molecule has 0 rings (SSSR count). The molecule has 0 aliphatic heterocycles. The Labute approximate surface area is 108 Å². The summed E-state index contributed by atoms with van der Waals surface area (Å²) in [6.45, 7) is 10.9. The molecular weight excluding hydrogens is 212 g/mol. The molecule has 0 radical (unpaired) electrons. The lowest BCUT2D eigenvalue weighted by Crippen LogP contribution is -2.33. The van der Waals surface area contributed by atoms with Gasteiger partial charge in [0.1, 0.15) is 0 Å². The van der Waals surface area contributed by atoms with E-state index in [1.54, 1.807) is 0 Å². The van der Waals surface area contributed by atoms with Gasteiger partial charge in [0.2, 0.25) is 0 Å². The van der Waals surface area contributed by atoms with Crippen molar-refractivity contribution >= 4 is 0 Å². The Morgan fingerprint density at radius 1 is 0.941 bits per heavy atom. The van der Waals surface area contributed by atoms with E-state index in [4.69, 9.17) is 11.5 Å². The molecule has 0 aromatic rings. The second kappa shape index (κ2) is 18.2. The minimum absolute atomic E-state index is 0.627. The average molecular weight is 246 g/mol. The van der Waals surface area contributed by atoms with Crippen LogP contribution < -0.4 is 22.1 Å². The van der Waals surface area contributed by atoms with Gasteiger partial charge in [-0.1, -0.05) is 20.8 Å². The molecule has 0 heterocycles. The lowest BCUT2D eigenvalue weighted by Gasteiger charge is -2.16. The molecule has 0 bridgehead atoms. The first kappa shape index (κ1) is 19.2. The highest BCUT2D eigenvalue weighted by Gasteiger charge is 2.03. The number of rotatable bonds is 11. The summed E-state index contributed by atoms with van der Waals surface area (Å²) < 4.78 is 0. The zero-order valence-electron chi connectivity index (χ0n) is 12.1. The first-order valence-electron chi connectivity index (χ1n) is 7.19. The smallest absolute Gasteiger partial charge is 0.00765 e. The zero-order chi connectivity index (χ0) is 13.4. The van der Waals surface area contributed by atoms with E-state index in [0.717, 1.165) is 45.6 Å². The number of nitrogens with two attached hydrogens (primary N) is 2. The average Bonchev–Trinajstić information content (AvgIpc) is 2.39. The third-order valence-corrected chi connectivity index (χ3v) is 2.53. The molecule has 1 atom stereocenters. The molecule has 17 heavy (non-hydrogen) atoms. The van der Waals surface area contributed by atoms with E-state index in [0.29, 0.717) is 6.04 Å². The summed E-state index contributed by atoms with van der Waals surface area (Å²) in [5.41, 5.74) is 10.9. The maximum Gasteiger partial charge on any atom is 0.00765 e. The summed E-state index contributed by atoms with van der Waals surface area (Å²) >= 11 is 0. The number of hydrogen-bond donors (Lipinski definition) is 4. The molecule has 106 valence electrons. The normalized spacial score (nSPS) is 11.8. The Balaban J connectivity index is 0. The summed E-state index contributed by atoms with van der Waals surface area (Å²) in [5, 5.41) is 6.91. The van der Waals surface area contributed by atoms with E-state index in [2.05, 4.69) is 17.6 Å². The maximum absolute atomic E-state index is 5.45. The van der Waals surface area contributed by atoms with Crippen LogP contribution in [-0.4, -0.2) is 38.8 Å². The van der Waals surface area contributed by atoms with Crippen LogP contribution in [0.15, 0.2) is 0 Å². The lowest BCUT2D eigenvalue weighted by molar-refractivity contribution is 0.450. The van der Waals surface area contributed by atoms with Crippen LogP contribution in [-0.2, 0) is 0 Å². The molecule has 6 N–H and O–H groups in total. The third kappa shape index (κ3) is 15.8. The van der Waals surface area contributed by atoms with Crippen molar-refractivity contribution in [3.05, 3.63) is 0 Å². The van der Waals surface area contributed by atoms with E-state index < -0.39 is 0 Å². The SMILES string of the molecule is CC.CCC(CCNCCCN)NCCCN. The van der Waals surface area contributed by atoms with Crippen LogP contribution in [0.3, 0.4) is 0 Å². The van der Waals surface area contributed by atoms with Crippen LogP contribution in [0, 0.1) is 0 Å². The Hall–Kier alpha value is -0.160. The van der Waals surface area contributed by atoms with Crippen LogP contribution in [0.2, 0.25) is 0 Å². The molecule has 0 aliphatic rings. The quantitative estimate of drug-likeness (QED) is 0.411. The Morgan fingerprint density at radius 2 is 1.53 bits per heavy atom. The van der Waals surface area contributed by atoms with E-state index in [-0.39, 0.29) is 0 Å². The van der Waals surface area contributed by atoms with E-state index >= 15 is 0 Å². The van der Waals surface area contributed by atoms with Gasteiger partial charge in [0.25, 0.3) is 0 Å². The van der Waals surface area contributed by atoms with Gasteiger partial charge in [-0.25, -0.2) is 0 Å². The van der Waals surface area contributed by atoms with Gasteiger partial charge in [-0.2, -0.15) is 0 Å². The van der Waals surface area contributed by atoms with Crippen molar-refractivity contribution in [2.24, 2.45) is 11.5 Å². The maximum atomic E-state index is 5.45. The van der Waals surface area contributed by atoms with Gasteiger partial charge in [-0.05, 0) is 58.4 Å². The molecule has 1 unspecified atom stereocenters. The van der Waals surface area contributed by atoms with Crippen LogP contribution in [0.4, 0.5) is 0 Å². The van der Waals surface area contributed by atoms with Crippen LogP contribution in [0.25, 0.3) is 0 Å². The second-order valence-electron chi connectivity index (χ2n) is 3.88. The number of nitrogens with one attached hydrogen (secondary N) is 2. The van der Waals surface area contributed by atoms with Gasteiger partial charge in [0.15, 0.2) is 0 Å². The van der Waals surface area contributed by atoms with E-state index in [9.17, 15) is 0 Å². The predicted molar refractivity (Wildman–Crippen MR) is 78.3 cm³/mol. The summed E-state index contributed by atoms with van der Waals surface area (Å²) in [5.74, 6) is 0. The first-order valence-corrected chi connectivity index (χ1v) is 7.19. The van der Waals surface area contributed by atoms with Crippen molar-refractivity contribution in [3.63, 3.8) is 0 Å². The zero-order valence-corrected chi connectivity index (χ0v) is 12.1. The molecule has 4 nitrogen and oxygen atoms in total. The Bertz CT molecular complexity index is 120. The standard InChI is InChI=1S/C11H28N4.C2H6/c1-2-11(15-9-4-7-13)5-10-14-8-3-6-12;1-2/h11,14-15H,2-10,12-13H2,1H3;1-2H3. The fourth-order valence-electron chi connectivity index (χ4n) is 1.49. The summed E-state index contributed by atoms with van der Waals surface area (Å²) in [7, 11) is 0. The number of hydrogen-bond acceptors (Lipinski definition) is 4. The van der Waals surface area contributed by atoms with Crippen LogP contribution >= 0.6 is 0 Å². The van der Waals surface area contributed by atoms with Crippen molar-refractivity contribution in [2.45, 2.75) is 52.5 Å². The molecule has 0 aromatic carbocycles. The van der Waals surface area contributed by atoms with Crippen LogP contribution in [0.5, 0.6) is 0 Å². The molecule has 0 aliphatic carbocycles. The van der Waals surface area contributed by atoms with Gasteiger partial charge in [0, 0.05) is 6.04 Å². The van der Waals surface area contributed by atoms with E-state index in [1.807, 2.05) is 13.8 Å². The minimum atomic E-state index is 0.627. The molecular formula is C13H34N4. The molecule has 0 amide bonds. The van der Waals surface area contributed by atoms with Crippen molar-refractivity contribution in [3.8, 4) is 0 Å². The van der Waals surface area contributed by atoms with Gasteiger partial charge in [0.05, 0.1) is 0 Å². The van der Waals surface area contributed by atoms with Crippen LogP contribution in [0.1, 0.15) is 46.5 Å². The highest BCUT2D eigenvalue weighted by molar-refractivity contribution is 4.66. The van der Waals surface area contributed by atoms with Gasteiger partial charge >= 0.3 is 0 Å². The molecule has 0 fully saturated rings. The summed E-state index contributed by atoms with van der Waals surface area (Å²) in [4.78, 5) is 0. The topological polar surface area (TPSA) is 76.1 Å². The molecule has 0 spiro atoms. The van der Waals surface area contributed by atoms with E-state index in [1.165, 1.54) is 12.8 Å². The van der Waals surface area contributed by atoms with Gasteiger partial charge in [-0.15, -0.1) is 0 Å². The summed E-state index contributed by atoms with van der Waals surface area (Å²) in [6.07, 6.45) is 4.50. The molecule has 0 saturated carbocycles. The minimum Gasteiger partial charge on any atom is -0.330 e. The van der Waals surface area contributed by atoms with Crippen molar-refractivity contribution in [1.82, 2.24) is 10.6 Å².